The van der Waals surface area contributed by atoms with Gasteiger partial charge in [0, 0.05) is 55.4 Å². The maximum atomic E-state index is 4.42. The minimum atomic E-state index is 0.519. The first kappa shape index (κ1) is 17.4. The minimum absolute atomic E-state index is 0.519. The molecule has 2 heterocycles. The Kier molecular flexibility index (Phi) is 5.16. The van der Waals surface area contributed by atoms with Gasteiger partial charge in [-0.1, -0.05) is 18.2 Å². The molecule has 2 unspecified atom stereocenters. The van der Waals surface area contributed by atoms with E-state index in [0.717, 1.165) is 37.9 Å². The number of benzene rings is 1. The van der Waals surface area contributed by atoms with Gasteiger partial charge in [0.05, 0.1) is 0 Å². The normalized spacial score (nSPS) is 24.3. The van der Waals surface area contributed by atoms with E-state index < -0.39 is 0 Å². The third kappa shape index (κ3) is 3.88. The molecular weight excluding hydrogens is 322 g/mol. The van der Waals surface area contributed by atoms with Crippen LogP contribution in [0.25, 0.3) is 10.9 Å². The number of nitrogens with one attached hydrogen (secondary N) is 3. The van der Waals surface area contributed by atoms with Crippen molar-refractivity contribution in [1.82, 2.24) is 20.5 Å². The van der Waals surface area contributed by atoms with Gasteiger partial charge in [-0.2, -0.15) is 0 Å². The third-order valence-electron chi connectivity index (χ3n) is 5.79. The summed E-state index contributed by atoms with van der Waals surface area (Å²) in [5.41, 5.74) is 2.62. The summed E-state index contributed by atoms with van der Waals surface area (Å²) in [5.74, 6) is 0.943. The van der Waals surface area contributed by atoms with Crippen molar-refractivity contribution in [1.29, 1.82) is 0 Å². The summed E-state index contributed by atoms with van der Waals surface area (Å²) >= 11 is 0. The highest BCUT2D eigenvalue weighted by atomic mass is 15.3. The van der Waals surface area contributed by atoms with Gasteiger partial charge < -0.3 is 15.6 Å². The molecule has 1 aromatic heterocycles. The Balaban J connectivity index is 1.22. The Morgan fingerprint density at radius 3 is 2.96 bits per heavy atom. The van der Waals surface area contributed by atoms with Gasteiger partial charge in [0.1, 0.15) is 0 Å². The molecule has 3 N–H and O–H groups in total. The number of H-pyrrole nitrogens is 1. The van der Waals surface area contributed by atoms with Crippen molar-refractivity contribution in [2.45, 2.75) is 57.2 Å². The first-order valence-electron chi connectivity index (χ1n) is 10.0. The second kappa shape index (κ2) is 7.70. The highest BCUT2D eigenvalue weighted by molar-refractivity contribution is 5.83. The number of nitrogens with zero attached hydrogens (tertiary/aromatic N) is 2. The Morgan fingerprint density at radius 1 is 1.31 bits per heavy atom. The van der Waals surface area contributed by atoms with Crippen LogP contribution >= 0.6 is 0 Å². The van der Waals surface area contributed by atoms with Gasteiger partial charge in [-0.25, -0.2) is 0 Å². The number of guanidine groups is 1. The Hall–Kier alpha value is -2.01. The van der Waals surface area contributed by atoms with Crippen molar-refractivity contribution in [3.05, 3.63) is 36.0 Å². The van der Waals surface area contributed by atoms with Crippen molar-refractivity contribution < 1.29 is 0 Å². The molecule has 2 aliphatic rings. The number of aromatic amines is 1. The first-order chi connectivity index (χ1) is 12.7. The highest BCUT2D eigenvalue weighted by Gasteiger charge is 2.38. The first-order valence-corrected chi connectivity index (χ1v) is 10.0. The lowest BCUT2D eigenvalue weighted by Crippen LogP contribution is -2.45. The van der Waals surface area contributed by atoms with Crippen LogP contribution in [0, 0.1) is 0 Å². The zero-order chi connectivity index (χ0) is 17.9. The SMILES string of the molecule is CN=C(NCCCc1c[nH]c2ccccc12)NC1CC(C)N(C2CC2)C1. The van der Waals surface area contributed by atoms with E-state index >= 15 is 0 Å². The summed E-state index contributed by atoms with van der Waals surface area (Å²) in [6.07, 6.45) is 8.30. The predicted octanol–water partition coefficient (Wildman–Crippen LogP) is 2.89. The highest BCUT2D eigenvalue weighted by Crippen LogP contribution is 2.33. The van der Waals surface area contributed by atoms with Crippen molar-refractivity contribution in [3.8, 4) is 0 Å². The van der Waals surface area contributed by atoms with Crippen molar-refractivity contribution in [2.75, 3.05) is 20.1 Å². The summed E-state index contributed by atoms with van der Waals surface area (Å²) in [6.45, 7) is 4.45. The molecule has 1 saturated heterocycles. The van der Waals surface area contributed by atoms with Gasteiger partial charge in [-0.05, 0) is 50.7 Å². The van der Waals surface area contributed by atoms with Crippen LogP contribution < -0.4 is 10.6 Å². The number of aryl methyl sites for hydroxylation is 1. The molecule has 0 bridgehead atoms. The fraction of sp³-hybridized carbons (Fsp3) is 0.571. The van der Waals surface area contributed by atoms with Gasteiger partial charge in [-0.3, -0.25) is 9.89 Å². The van der Waals surface area contributed by atoms with E-state index in [0.29, 0.717) is 12.1 Å². The van der Waals surface area contributed by atoms with Crippen molar-refractivity contribution in [3.63, 3.8) is 0 Å². The lowest BCUT2D eigenvalue weighted by Gasteiger charge is -2.20. The Labute approximate surface area is 156 Å². The van der Waals surface area contributed by atoms with Crippen LogP contribution in [-0.4, -0.2) is 54.1 Å². The monoisotopic (exact) mass is 353 g/mol. The van der Waals surface area contributed by atoms with Crippen LogP contribution in [0.4, 0.5) is 0 Å². The molecule has 1 aromatic carbocycles. The summed E-state index contributed by atoms with van der Waals surface area (Å²) in [6, 6.07) is 10.6. The average Bonchev–Trinajstić information content (AvgIpc) is 3.32. The molecule has 1 aliphatic carbocycles. The van der Waals surface area contributed by atoms with Gasteiger partial charge >= 0.3 is 0 Å². The number of aromatic nitrogens is 1. The van der Waals surface area contributed by atoms with Gasteiger partial charge in [0.2, 0.25) is 0 Å². The molecule has 2 fully saturated rings. The van der Waals surface area contributed by atoms with Crippen LogP contribution in [0.3, 0.4) is 0 Å². The number of hydrogen-bond acceptors (Lipinski definition) is 2. The van der Waals surface area contributed by atoms with Gasteiger partial charge in [0.15, 0.2) is 5.96 Å². The molecule has 26 heavy (non-hydrogen) atoms. The van der Waals surface area contributed by atoms with Crippen LogP contribution in [0.1, 0.15) is 38.2 Å². The molecule has 5 nitrogen and oxygen atoms in total. The van der Waals surface area contributed by atoms with E-state index in [1.165, 1.54) is 35.7 Å². The number of likely N-dealkylation sites (tertiary alicyclic amines) is 1. The number of fused-ring (bicyclic) bond motifs is 1. The minimum Gasteiger partial charge on any atom is -0.361 e. The molecule has 1 saturated carbocycles. The van der Waals surface area contributed by atoms with Crippen LogP contribution in [0.15, 0.2) is 35.5 Å². The van der Waals surface area contributed by atoms with E-state index in [-0.39, 0.29) is 0 Å². The largest absolute Gasteiger partial charge is 0.361 e. The van der Waals surface area contributed by atoms with Gasteiger partial charge in [0.25, 0.3) is 0 Å². The summed E-state index contributed by atoms with van der Waals surface area (Å²) < 4.78 is 0. The van der Waals surface area contributed by atoms with E-state index in [4.69, 9.17) is 0 Å². The molecule has 0 amide bonds. The quantitative estimate of drug-likeness (QED) is 0.425. The number of aliphatic imine (C=N–C) groups is 1. The molecule has 2 aromatic rings. The molecule has 1 aliphatic heterocycles. The van der Waals surface area contributed by atoms with E-state index in [1.54, 1.807) is 0 Å². The molecule has 5 heteroatoms. The standard InChI is InChI=1S/C21H31N5/c1-15-12-17(14-26(15)18-9-10-18)25-21(22-2)23-11-5-6-16-13-24-20-8-4-3-7-19(16)20/h3-4,7-8,13,15,17-18,24H,5-6,9-12,14H2,1-2H3,(H2,22,23,25). The number of para-hydroxylation sites is 1. The average molecular weight is 354 g/mol. The van der Waals surface area contributed by atoms with Gasteiger partial charge in [-0.15, -0.1) is 0 Å². The van der Waals surface area contributed by atoms with E-state index in [2.05, 4.69) is 62.9 Å². The Morgan fingerprint density at radius 2 is 2.15 bits per heavy atom. The molecule has 2 atom stereocenters. The molecule has 140 valence electrons. The smallest absolute Gasteiger partial charge is 0.191 e. The molecule has 4 rings (SSSR count). The molecule has 0 spiro atoms. The topological polar surface area (TPSA) is 55.5 Å². The maximum absolute atomic E-state index is 4.42. The second-order valence-electron chi connectivity index (χ2n) is 7.82. The Bertz CT molecular complexity index is 761. The number of rotatable bonds is 6. The maximum Gasteiger partial charge on any atom is 0.191 e. The van der Waals surface area contributed by atoms with Crippen LogP contribution in [0.2, 0.25) is 0 Å². The molecule has 0 radical (unpaired) electrons. The van der Waals surface area contributed by atoms with Crippen molar-refractivity contribution in [2.24, 2.45) is 4.99 Å². The summed E-state index contributed by atoms with van der Waals surface area (Å²) in [5, 5.41) is 8.46. The van der Waals surface area contributed by atoms with Crippen molar-refractivity contribution >= 4 is 16.9 Å². The fourth-order valence-corrected chi connectivity index (χ4v) is 4.29. The zero-order valence-corrected chi connectivity index (χ0v) is 16.0. The fourth-order valence-electron chi connectivity index (χ4n) is 4.29. The van der Waals surface area contributed by atoms with E-state index in [1.807, 2.05) is 7.05 Å². The third-order valence-corrected chi connectivity index (χ3v) is 5.79. The number of hydrogen-bond donors (Lipinski definition) is 3. The summed E-state index contributed by atoms with van der Waals surface area (Å²) in [7, 11) is 1.87. The lowest BCUT2D eigenvalue weighted by atomic mass is 10.1. The molecular formula is C21H31N5. The lowest BCUT2D eigenvalue weighted by molar-refractivity contribution is 0.256. The predicted molar refractivity (Wildman–Crippen MR) is 109 cm³/mol. The van der Waals surface area contributed by atoms with E-state index in [9.17, 15) is 0 Å². The summed E-state index contributed by atoms with van der Waals surface area (Å²) in [4.78, 5) is 10.4. The zero-order valence-electron chi connectivity index (χ0n) is 16.0. The van der Waals surface area contributed by atoms with Crippen LogP contribution in [0.5, 0.6) is 0 Å². The van der Waals surface area contributed by atoms with Crippen LogP contribution in [-0.2, 0) is 6.42 Å². The second-order valence-corrected chi connectivity index (χ2v) is 7.82.